The Balaban J connectivity index is 2.67. The molecule has 5 heteroatoms. The number of sulfonamides is 1. The van der Waals surface area contributed by atoms with Gasteiger partial charge in [0.05, 0.1) is 5.52 Å². The van der Waals surface area contributed by atoms with Crippen molar-refractivity contribution in [2.24, 2.45) is 0 Å². The lowest BCUT2D eigenvalue weighted by Gasteiger charge is -2.02. The van der Waals surface area contributed by atoms with E-state index < -0.39 is 10.0 Å². The number of hydrogen-bond acceptors (Lipinski definition) is 3. The van der Waals surface area contributed by atoms with Gasteiger partial charge in [0.1, 0.15) is 0 Å². The SMILES string of the molecule is CNS(=O)(=O)c1ccc2ccccc2n1. The van der Waals surface area contributed by atoms with Crippen molar-refractivity contribution < 1.29 is 8.42 Å². The molecule has 1 aromatic carbocycles. The second-order valence-corrected chi connectivity index (χ2v) is 4.88. The maximum atomic E-state index is 11.5. The Morgan fingerprint density at radius 1 is 1.13 bits per heavy atom. The third kappa shape index (κ3) is 1.84. The molecule has 15 heavy (non-hydrogen) atoms. The van der Waals surface area contributed by atoms with E-state index in [2.05, 4.69) is 9.71 Å². The predicted octanol–water partition coefficient (Wildman–Crippen LogP) is 1.14. The van der Waals surface area contributed by atoms with Gasteiger partial charge in [-0.05, 0) is 25.2 Å². The van der Waals surface area contributed by atoms with Crippen molar-refractivity contribution in [2.75, 3.05) is 7.05 Å². The van der Waals surface area contributed by atoms with E-state index in [1.165, 1.54) is 13.1 Å². The molecule has 0 aliphatic heterocycles. The lowest BCUT2D eigenvalue weighted by molar-refractivity contribution is 0.585. The lowest BCUT2D eigenvalue weighted by atomic mass is 10.2. The van der Waals surface area contributed by atoms with E-state index in [9.17, 15) is 8.42 Å². The van der Waals surface area contributed by atoms with Crippen LogP contribution in [0, 0.1) is 0 Å². The molecular formula is C10H10N2O2S. The van der Waals surface area contributed by atoms with Crippen LogP contribution >= 0.6 is 0 Å². The van der Waals surface area contributed by atoms with E-state index >= 15 is 0 Å². The highest BCUT2D eigenvalue weighted by Gasteiger charge is 2.12. The van der Waals surface area contributed by atoms with E-state index in [-0.39, 0.29) is 5.03 Å². The zero-order chi connectivity index (χ0) is 10.9. The van der Waals surface area contributed by atoms with Crippen molar-refractivity contribution in [1.29, 1.82) is 0 Å². The normalized spacial score (nSPS) is 11.8. The quantitative estimate of drug-likeness (QED) is 0.829. The number of rotatable bonds is 2. The van der Waals surface area contributed by atoms with Gasteiger partial charge in [0, 0.05) is 5.39 Å². The Hall–Kier alpha value is -1.46. The Labute approximate surface area is 88.0 Å². The molecular weight excluding hydrogens is 212 g/mol. The molecule has 0 atom stereocenters. The number of fused-ring (bicyclic) bond motifs is 1. The van der Waals surface area contributed by atoms with Gasteiger partial charge in [-0.25, -0.2) is 18.1 Å². The molecule has 2 rings (SSSR count). The molecule has 4 nitrogen and oxygen atoms in total. The van der Waals surface area contributed by atoms with Gasteiger partial charge in [0.2, 0.25) is 0 Å². The molecule has 0 bridgehead atoms. The molecule has 0 saturated carbocycles. The maximum Gasteiger partial charge on any atom is 0.257 e. The summed E-state index contributed by atoms with van der Waals surface area (Å²) in [6, 6.07) is 10.6. The monoisotopic (exact) mass is 222 g/mol. The second kappa shape index (κ2) is 3.60. The Kier molecular flexibility index (Phi) is 2.42. The standard InChI is InChI=1S/C10H10N2O2S/c1-11-15(13,14)10-7-6-8-4-2-3-5-9(8)12-10/h2-7,11H,1H3. The molecule has 0 aliphatic rings. The first-order valence-corrected chi connectivity index (χ1v) is 5.91. The summed E-state index contributed by atoms with van der Waals surface area (Å²) < 4.78 is 25.2. The molecule has 0 spiro atoms. The van der Waals surface area contributed by atoms with E-state index in [4.69, 9.17) is 0 Å². The van der Waals surface area contributed by atoms with Gasteiger partial charge in [0.15, 0.2) is 5.03 Å². The molecule has 78 valence electrons. The van der Waals surface area contributed by atoms with Crippen LogP contribution in [-0.2, 0) is 10.0 Å². The van der Waals surface area contributed by atoms with Crippen molar-refractivity contribution in [3.05, 3.63) is 36.4 Å². The average molecular weight is 222 g/mol. The average Bonchev–Trinajstić information content (AvgIpc) is 2.28. The summed E-state index contributed by atoms with van der Waals surface area (Å²) in [6.45, 7) is 0. The summed E-state index contributed by atoms with van der Waals surface area (Å²) in [4.78, 5) is 4.07. The number of aromatic nitrogens is 1. The summed E-state index contributed by atoms with van der Waals surface area (Å²) in [6.07, 6.45) is 0. The third-order valence-electron chi connectivity index (χ3n) is 2.12. The summed E-state index contributed by atoms with van der Waals surface area (Å²) in [5, 5.41) is 0.969. The fourth-order valence-electron chi connectivity index (χ4n) is 1.30. The highest BCUT2D eigenvalue weighted by atomic mass is 32.2. The minimum atomic E-state index is -3.45. The summed E-state index contributed by atoms with van der Waals surface area (Å²) in [7, 11) is -2.08. The number of benzene rings is 1. The molecule has 1 heterocycles. The Morgan fingerprint density at radius 3 is 2.60 bits per heavy atom. The van der Waals surface area contributed by atoms with E-state index in [1.54, 1.807) is 12.1 Å². The van der Waals surface area contributed by atoms with E-state index in [0.717, 1.165) is 5.39 Å². The first-order valence-electron chi connectivity index (χ1n) is 4.43. The first kappa shape index (κ1) is 10.1. The van der Waals surface area contributed by atoms with Crippen molar-refractivity contribution >= 4 is 20.9 Å². The Morgan fingerprint density at radius 2 is 1.87 bits per heavy atom. The van der Waals surface area contributed by atoms with Crippen LogP contribution in [0.4, 0.5) is 0 Å². The minimum absolute atomic E-state index is 0.0451. The number of nitrogens with zero attached hydrogens (tertiary/aromatic N) is 1. The number of hydrogen-bond donors (Lipinski definition) is 1. The molecule has 2 aromatic rings. The topological polar surface area (TPSA) is 59.1 Å². The number of pyridine rings is 1. The van der Waals surface area contributed by atoms with Crippen LogP contribution in [0.1, 0.15) is 0 Å². The van der Waals surface area contributed by atoms with Crippen molar-refractivity contribution in [1.82, 2.24) is 9.71 Å². The number of nitrogens with one attached hydrogen (secondary N) is 1. The first-order chi connectivity index (χ1) is 7.13. The maximum absolute atomic E-state index is 11.5. The van der Waals surface area contributed by atoms with Crippen molar-refractivity contribution in [3.8, 4) is 0 Å². The molecule has 1 aromatic heterocycles. The van der Waals surface area contributed by atoms with Gasteiger partial charge in [-0.1, -0.05) is 18.2 Å². The minimum Gasteiger partial charge on any atom is -0.235 e. The highest BCUT2D eigenvalue weighted by Crippen LogP contribution is 2.14. The van der Waals surface area contributed by atoms with Gasteiger partial charge in [-0.3, -0.25) is 0 Å². The second-order valence-electron chi connectivity index (χ2n) is 3.05. The van der Waals surface area contributed by atoms with Crippen LogP contribution in [0.15, 0.2) is 41.4 Å². The number of para-hydroxylation sites is 1. The van der Waals surface area contributed by atoms with Crippen LogP contribution in [0.2, 0.25) is 0 Å². The molecule has 1 N–H and O–H groups in total. The third-order valence-corrected chi connectivity index (χ3v) is 3.43. The predicted molar refractivity (Wildman–Crippen MR) is 58.0 cm³/mol. The van der Waals surface area contributed by atoms with Crippen LogP contribution in [0.25, 0.3) is 10.9 Å². The van der Waals surface area contributed by atoms with Gasteiger partial charge in [-0.15, -0.1) is 0 Å². The van der Waals surface area contributed by atoms with E-state index in [0.29, 0.717) is 5.52 Å². The summed E-state index contributed by atoms with van der Waals surface area (Å²) in [5.74, 6) is 0. The molecule has 0 radical (unpaired) electrons. The van der Waals surface area contributed by atoms with Gasteiger partial charge in [-0.2, -0.15) is 0 Å². The van der Waals surface area contributed by atoms with Crippen molar-refractivity contribution in [2.45, 2.75) is 5.03 Å². The zero-order valence-corrected chi connectivity index (χ0v) is 8.95. The molecule has 0 fully saturated rings. The van der Waals surface area contributed by atoms with Crippen LogP contribution < -0.4 is 4.72 Å². The highest BCUT2D eigenvalue weighted by molar-refractivity contribution is 7.89. The van der Waals surface area contributed by atoms with Gasteiger partial charge >= 0.3 is 0 Å². The Bertz CT molecular complexity index is 593. The fraction of sp³-hybridized carbons (Fsp3) is 0.100. The van der Waals surface area contributed by atoms with Crippen LogP contribution in [0.5, 0.6) is 0 Å². The largest absolute Gasteiger partial charge is 0.257 e. The van der Waals surface area contributed by atoms with E-state index in [1.807, 2.05) is 18.2 Å². The lowest BCUT2D eigenvalue weighted by Crippen LogP contribution is -2.19. The summed E-state index contributed by atoms with van der Waals surface area (Å²) >= 11 is 0. The molecule has 0 amide bonds. The molecule has 0 saturated heterocycles. The van der Waals surface area contributed by atoms with Crippen LogP contribution in [0.3, 0.4) is 0 Å². The fourth-order valence-corrected chi connectivity index (χ4v) is 1.98. The van der Waals surface area contributed by atoms with Crippen molar-refractivity contribution in [3.63, 3.8) is 0 Å². The van der Waals surface area contributed by atoms with Gasteiger partial charge in [0.25, 0.3) is 10.0 Å². The van der Waals surface area contributed by atoms with Gasteiger partial charge < -0.3 is 0 Å². The molecule has 0 aliphatic carbocycles. The van der Waals surface area contributed by atoms with Crippen LogP contribution in [-0.4, -0.2) is 20.4 Å². The summed E-state index contributed by atoms with van der Waals surface area (Å²) in [5.41, 5.74) is 0.675. The smallest absolute Gasteiger partial charge is 0.235 e. The molecule has 0 unspecified atom stereocenters. The zero-order valence-electron chi connectivity index (χ0n) is 8.14.